The Morgan fingerprint density at radius 2 is 1.28 bits per heavy atom. The zero-order valence-electron chi connectivity index (χ0n) is 16.3. The van der Waals surface area contributed by atoms with E-state index in [1.54, 1.807) is 0 Å². The lowest BCUT2D eigenvalue weighted by molar-refractivity contribution is -0.0713. The molecule has 0 spiro atoms. The maximum Gasteiger partial charge on any atom is 0.329 e. The molecule has 0 amide bonds. The Labute approximate surface area is 154 Å². The molecular formula is C18H37O6P. The van der Waals surface area contributed by atoms with Gasteiger partial charge in [-0.1, -0.05) is 26.7 Å². The summed E-state index contributed by atoms with van der Waals surface area (Å²) >= 11 is 0. The van der Waals surface area contributed by atoms with Gasteiger partial charge in [0.05, 0.1) is 51.8 Å². The molecule has 0 bridgehead atoms. The molecule has 150 valence electrons. The Bertz CT molecular complexity index is 320. The van der Waals surface area contributed by atoms with Crippen LogP contribution in [0, 0.1) is 11.8 Å². The van der Waals surface area contributed by atoms with Gasteiger partial charge in [0.25, 0.3) is 0 Å². The average Bonchev–Trinajstić information content (AvgIpc) is 2.59. The van der Waals surface area contributed by atoms with E-state index in [0.717, 1.165) is 25.7 Å². The van der Waals surface area contributed by atoms with Crippen LogP contribution >= 0.6 is 8.60 Å². The third-order valence-corrected chi connectivity index (χ3v) is 4.91. The summed E-state index contributed by atoms with van der Waals surface area (Å²) < 4.78 is 28.5. The Morgan fingerprint density at radius 1 is 0.760 bits per heavy atom. The summed E-state index contributed by atoms with van der Waals surface area (Å²) in [6.07, 6.45) is 4.17. The summed E-state index contributed by atoms with van der Waals surface area (Å²) in [5.41, 5.74) is 0. The van der Waals surface area contributed by atoms with Crippen LogP contribution in [0.15, 0.2) is 0 Å². The third kappa shape index (κ3) is 11.5. The van der Waals surface area contributed by atoms with Crippen molar-refractivity contribution in [2.24, 2.45) is 11.8 Å². The standard InChI is InChI=1S/C18H37O6P/c1-5-7-17-11-20-9-15(3)21-10-16(4)22-12-18(8-6-2)14-24-25(19)23-13-17/h15-19H,5-14H2,1-4H3. The van der Waals surface area contributed by atoms with Crippen molar-refractivity contribution >= 4 is 8.60 Å². The highest BCUT2D eigenvalue weighted by Gasteiger charge is 2.18. The van der Waals surface area contributed by atoms with Gasteiger partial charge in [-0.25, -0.2) is 0 Å². The normalized spacial score (nSPS) is 34.7. The van der Waals surface area contributed by atoms with E-state index in [2.05, 4.69) is 13.8 Å². The van der Waals surface area contributed by atoms with Crippen LogP contribution in [0.4, 0.5) is 0 Å². The zero-order chi connectivity index (χ0) is 18.5. The van der Waals surface area contributed by atoms with Crippen molar-refractivity contribution in [2.75, 3.05) is 39.6 Å². The van der Waals surface area contributed by atoms with E-state index in [4.69, 9.17) is 23.3 Å². The van der Waals surface area contributed by atoms with Crippen molar-refractivity contribution in [3.05, 3.63) is 0 Å². The van der Waals surface area contributed by atoms with Gasteiger partial charge in [0, 0.05) is 11.8 Å². The van der Waals surface area contributed by atoms with Gasteiger partial charge in [-0.2, -0.15) is 0 Å². The molecule has 1 fully saturated rings. The SMILES string of the molecule is CCCC1COCC(C)OCC(C)OCC(CCC)COP(O)OC1. The van der Waals surface area contributed by atoms with Crippen LogP contribution in [0.3, 0.4) is 0 Å². The molecule has 0 aromatic rings. The molecule has 5 unspecified atom stereocenters. The lowest BCUT2D eigenvalue weighted by Gasteiger charge is -2.24. The summed E-state index contributed by atoms with van der Waals surface area (Å²) in [7, 11) is -1.84. The smallest absolute Gasteiger partial charge is 0.329 e. The first-order chi connectivity index (χ1) is 12.0. The minimum atomic E-state index is -1.84. The first-order valence-electron chi connectivity index (χ1n) is 9.60. The molecule has 0 aromatic carbocycles. The zero-order valence-corrected chi connectivity index (χ0v) is 17.2. The minimum absolute atomic E-state index is 0.0226. The summed E-state index contributed by atoms with van der Waals surface area (Å²) in [4.78, 5) is 10.0. The number of hydrogen-bond acceptors (Lipinski definition) is 6. The van der Waals surface area contributed by atoms with Crippen molar-refractivity contribution in [2.45, 2.75) is 65.6 Å². The fourth-order valence-corrected chi connectivity index (χ4v) is 3.47. The highest BCUT2D eigenvalue weighted by molar-refractivity contribution is 7.40. The summed E-state index contributed by atoms with van der Waals surface area (Å²) in [5, 5.41) is 0. The molecule has 0 radical (unpaired) electrons. The maximum atomic E-state index is 10.0. The van der Waals surface area contributed by atoms with E-state index in [-0.39, 0.29) is 24.0 Å². The number of ether oxygens (including phenoxy) is 3. The fourth-order valence-electron chi connectivity index (χ4n) is 2.72. The van der Waals surface area contributed by atoms with Crippen LogP contribution in [0.25, 0.3) is 0 Å². The van der Waals surface area contributed by atoms with Gasteiger partial charge in [0.2, 0.25) is 0 Å². The van der Waals surface area contributed by atoms with Gasteiger partial charge in [-0.3, -0.25) is 0 Å². The fraction of sp³-hybridized carbons (Fsp3) is 1.00. The summed E-state index contributed by atoms with van der Waals surface area (Å²) in [5.74, 6) is 0.521. The molecule has 7 heteroatoms. The lowest BCUT2D eigenvalue weighted by Crippen LogP contribution is -2.27. The van der Waals surface area contributed by atoms with Gasteiger partial charge < -0.3 is 28.2 Å². The average molecular weight is 380 g/mol. The van der Waals surface area contributed by atoms with Gasteiger partial charge in [-0.15, -0.1) is 0 Å². The molecule has 1 heterocycles. The predicted molar refractivity (Wildman–Crippen MR) is 99.5 cm³/mol. The topological polar surface area (TPSA) is 66.4 Å². The number of rotatable bonds is 4. The van der Waals surface area contributed by atoms with Crippen LogP contribution in [0.2, 0.25) is 0 Å². The highest BCUT2D eigenvalue weighted by Crippen LogP contribution is 2.35. The Hall–Kier alpha value is 0.190. The highest BCUT2D eigenvalue weighted by atomic mass is 31.2. The van der Waals surface area contributed by atoms with Crippen molar-refractivity contribution in [1.29, 1.82) is 0 Å². The number of hydrogen-bond donors (Lipinski definition) is 1. The van der Waals surface area contributed by atoms with Crippen LogP contribution in [-0.2, 0) is 23.3 Å². The van der Waals surface area contributed by atoms with Crippen molar-refractivity contribution < 1.29 is 28.2 Å². The Kier molecular flexibility index (Phi) is 13.3. The van der Waals surface area contributed by atoms with Gasteiger partial charge >= 0.3 is 8.60 Å². The lowest BCUT2D eigenvalue weighted by atomic mass is 10.1. The van der Waals surface area contributed by atoms with Gasteiger partial charge in [-0.05, 0) is 26.7 Å². The van der Waals surface area contributed by atoms with Gasteiger partial charge in [0.15, 0.2) is 0 Å². The van der Waals surface area contributed by atoms with Crippen LogP contribution < -0.4 is 0 Å². The largest absolute Gasteiger partial charge is 0.378 e. The monoisotopic (exact) mass is 380 g/mol. The first kappa shape index (κ1) is 23.2. The molecule has 1 saturated heterocycles. The minimum Gasteiger partial charge on any atom is -0.378 e. The second-order valence-electron chi connectivity index (χ2n) is 6.96. The van der Waals surface area contributed by atoms with E-state index in [9.17, 15) is 4.89 Å². The molecule has 1 rings (SSSR count). The molecule has 0 aromatic heterocycles. The summed E-state index contributed by atoms with van der Waals surface area (Å²) in [6.45, 7) is 11.5. The van der Waals surface area contributed by atoms with Crippen molar-refractivity contribution in [1.82, 2.24) is 0 Å². The molecule has 0 aliphatic carbocycles. The maximum absolute atomic E-state index is 10.0. The van der Waals surface area contributed by atoms with Crippen molar-refractivity contribution in [3.63, 3.8) is 0 Å². The molecule has 1 aliphatic rings. The Balaban J connectivity index is 2.58. The van der Waals surface area contributed by atoms with E-state index in [1.807, 2.05) is 13.8 Å². The molecule has 1 N–H and O–H groups in total. The molecular weight excluding hydrogens is 343 g/mol. The molecule has 1 aliphatic heterocycles. The van der Waals surface area contributed by atoms with Crippen LogP contribution in [0.5, 0.6) is 0 Å². The third-order valence-electron chi connectivity index (χ3n) is 4.17. The molecule has 5 atom stereocenters. The van der Waals surface area contributed by atoms with Crippen LogP contribution in [-0.4, -0.2) is 56.7 Å². The van der Waals surface area contributed by atoms with Crippen LogP contribution in [0.1, 0.15) is 53.4 Å². The summed E-state index contributed by atoms with van der Waals surface area (Å²) in [6, 6.07) is 0. The first-order valence-corrected chi connectivity index (χ1v) is 10.7. The van der Waals surface area contributed by atoms with Gasteiger partial charge in [0.1, 0.15) is 0 Å². The molecule has 6 nitrogen and oxygen atoms in total. The van der Waals surface area contributed by atoms with E-state index in [0.29, 0.717) is 39.6 Å². The Morgan fingerprint density at radius 3 is 1.88 bits per heavy atom. The van der Waals surface area contributed by atoms with E-state index < -0.39 is 8.60 Å². The predicted octanol–water partition coefficient (Wildman–Crippen LogP) is 3.91. The van der Waals surface area contributed by atoms with E-state index in [1.165, 1.54) is 0 Å². The quantitative estimate of drug-likeness (QED) is 0.746. The molecule has 25 heavy (non-hydrogen) atoms. The molecule has 0 saturated carbocycles. The second-order valence-corrected chi connectivity index (χ2v) is 7.96. The van der Waals surface area contributed by atoms with E-state index >= 15 is 0 Å². The second kappa shape index (κ2) is 14.3. The van der Waals surface area contributed by atoms with Crippen molar-refractivity contribution in [3.8, 4) is 0 Å².